The van der Waals surface area contributed by atoms with Gasteiger partial charge in [-0.2, -0.15) is 0 Å². The molecule has 1 aliphatic carbocycles. The molecular formula is C15H19BrClFO. The molecule has 0 N–H and O–H groups in total. The summed E-state index contributed by atoms with van der Waals surface area (Å²) < 4.78 is 19.4. The highest BCUT2D eigenvalue weighted by molar-refractivity contribution is 9.09. The Morgan fingerprint density at radius 3 is 2.47 bits per heavy atom. The van der Waals surface area contributed by atoms with Gasteiger partial charge < -0.3 is 4.74 Å². The van der Waals surface area contributed by atoms with Crippen LogP contribution in [0.15, 0.2) is 18.2 Å². The first kappa shape index (κ1) is 15.1. The molecule has 0 heterocycles. The maximum Gasteiger partial charge on any atom is 0.173 e. The van der Waals surface area contributed by atoms with Crippen molar-refractivity contribution >= 4 is 27.5 Å². The lowest BCUT2D eigenvalue weighted by Crippen LogP contribution is -2.30. The highest BCUT2D eigenvalue weighted by Gasteiger charge is 2.31. The summed E-state index contributed by atoms with van der Waals surface area (Å²) in [5.41, 5.74) is 0.113. The minimum atomic E-state index is -0.383. The van der Waals surface area contributed by atoms with E-state index in [1.165, 1.54) is 31.7 Å². The largest absolute Gasteiger partial charge is 0.488 e. The van der Waals surface area contributed by atoms with Gasteiger partial charge in [-0.3, -0.25) is 0 Å². The lowest BCUT2D eigenvalue weighted by atomic mass is 9.83. The van der Waals surface area contributed by atoms with Gasteiger partial charge in [-0.25, -0.2) is 4.39 Å². The molecule has 0 atom stereocenters. The number of hydrogen-bond acceptors (Lipinski definition) is 1. The van der Waals surface area contributed by atoms with Crippen molar-refractivity contribution in [2.24, 2.45) is 5.41 Å². The van der Waals surface area contributed by atoms with Gasteiger partial charge in [0.15, 0.2) is 11.6 Å². The van der Waals surface area contributed by atoms with Crippen LogP contribution < -0.4 is 4.74 Å². The molecule has 106 valence electrons. The van der Waals surface area contributed by atoms with Crippen LogP contribution in [0, 0.1) is 11.2 Å². The van der Waals surface area contributed by atoms with E-state index in [4.69, 9.17) is 16.3 Å². The van der Waals surface area contributed by atoms with E-state index < -0.39 is 0 Å². The minimum absolute atomic E-state index is 0.113. The Labute approximate surface area is 127 Å². The fourth-order valence-corrected chi connectivity index (χ4v) is 3.58. The minimum Gasteiger partial charge on any atom is -0.488 e. The zero-order chi connectivity index (χ0) is 13.7. The summed E-state index contributed by atoms with van der Waals surface area (Å²) in [6.45, 7) is 0.527. The van der Waals surface area contributed by atoms with Crippen LogP contribution >= 0.6 is 27.5 Å². The number of para-hydroxylation sites is 1. The molecule has 0 aromatic heterocycles. The lowest BCUT2D eigenvalue weighted by Gasteiger charge is -2.30. The van der Waals surface area contributed by atoms with E-state index >= 15 is 0 Å². The van der Waals surface area contributed by atoms with Crippen molar-refractivity contribution in [2.75, 3.05) is 11.9 Å². The van der Waals surface area contributed by atoms with E-state index in [9.17, 15) is 4.39 Å². The smallest absolute Gasteiger partial charge is 0.173 e. The Hall–Kier alpha value is -0.280. The van der Waals surface area contributed by atoms with E-state index in [0.717, 1.165) is 18.2 Å². The molecule has 1 aliphatic rings. The third-order valence-electron chi connectivity index (χ3n) is 3.89. The van der Waals surface area contributed by atoms with Crippen LogP contribution in [0.4, 0.5) is 4.39 Å². The monoisotopic (exact) mass is 348 g/mol. The molecule has 0 unspecified atom stereocenters. The second-order valence-corrected chi connectivity index (χ2v) is 6.36. The fourth-order valence-electron chi connectivity index (χ4n) is 2.64. The summed E-state index contributed by atoms with van der Waals surface area (Å²) in [6, 6.07) is 4.64. The van der Waals surface area contributed by atoms with Crippen LogP contribution in [0.2, 0.25) is 5.02 Å². The van der Waals surface area contributed by atoms with Crippen LogP contribution in [-0.4, -0.2) is 11.9 Å². The van der Waals surface area contributed by atoms with Crippen molar-refractivity contribution < 1.29 is 9.13 Å². The SMILES string of the molecule is Fc1cccc(Cl)c1OCC1(CBr)CCCCCC1. The number of rotatable bonds is 4. The first-order valence-corrected chi connectivity index (χ1v) is 8.30. The van der Waals surface area contributed by atoms with Crippen LogP contribution in [0.3, 0.4) is 0 Å². The number of hydrogen-bond donors (Lipinski definition) is 0. The van der Waals surface area contributed by atoms with Gasteiger partial charge in [0.2, 0.25) is 0 Å². The predicted octanol–water partition coefficient (Wildman–Crippen LogP) is 5.59. The van der Waals surface area contributed by atoms with Gasteiger partial charge in [0, 0.05) is 10.7 Å². The second-order valence-electron chi connectivity index (χ2n) is 5.39. The van der Waals surface area contributed by atoms with Crippen LogP contribution in [0.5, 0.6) is 5.75 Å². The van der Waals surface area contributed by atoms with E-state index in [1.807, 2.05) is 0 Å². The van der Waals surface area contributed by atoms with E-state index in [1.54, 1.807) is 12.1 Å². The number of ether oxygens (including phenoxy) is 1. The molecule has 1 aromatic carbocycles. The van der Waals surface area contributed by atoms with Gasteiger partial charge in [0.05, 0.1) is 11.6 Å². The van der Waals surface area contributed by atoms with Gasteiger partial charge in [0.1, 0.15) is 0 Å². The first-order chi connectivity index (χ1) is 9.17. The number of halogens is 3. The molecule has 0 saturated heterocycles. The molecule has 1 fully saturated rings. The van der Waals surface area contributed by atoms with Gasteiger partial charge >= 0.3 is 0 Å². The van der Waals surface area contributed by atoms with Crippen molar-refractivity contribution in [3.63, 3.8) is 0 Å². The van der Waals surface area contributed by atoms with Crippen LogP contribution in [0.1, 0.15) is 38.5 Å². The lowest BCUT2D eigenvalue weighted by molar-refractivity contribution is 0.145. The van der Waals surface area contributed by atoms with Crippen molar-refractivity contribution in [3.05, 3.63) is 29.0 Å². The molecule has 1 aromatic rings. The summed E-state index contributed by atoms with van der Waals surface area (Å²) in [4.78, 5) is 0. The van der Waals surface area contributed by atoms with E-state index in [2.05, 4.69) is 15.9 Å². The van der Waals surface area contributed by atoms with Gasteiger partial charge in [-0.1, -0.05) is 59.3 Å². The summed E-state index contributed by atoms with van der Waals surface area (Å²) in [7, 11) is 0. The first-order valence-electron chi connectivity index (χ1n) is 6.80. The number of benzene rings is 1. The summed E-state index contributed by atoms with van der Waals surface area (Å²) in [5, 5.41) is 1.24. The third kappa shape index (κ3) is 3.85. The molecule has 0 spiro atoms. The van der Waals surface area contributed by atoms with E-state index in [0.29, 0.717) is 11.6 Å². The Bertz CT molecular complexity index is 396. The van der Waals surface area contributed by atoms with Gasteiger partial charge in [0.25, 0.3) is 0 Å². The van der Waals surface area contributed by atoms with Gasteiger partial charge in [-0.05, 0) is 25.0 Å². The molecule has 1 nitrogen and oxygen atoms in total. The Morgan fingerprint density at radius 2 is 1.89 bits per heavy atom. The normalized spacial score (nSPS) is 18.9. The molecule has 0 bridgehead atoms. The van der Waals surface area contributed by atoms with E-state index in [-0.39, 0.29) is 17.0 Å². The number of alkyl halides is 1. The standard InChI is InChI=1S/C15H19BrClFO/c16-10-15(8-3-1-2-4-9-15)11-19-14-12(17)6-5-7-13(14)18/h5-7H,1-4,8-11H2. The zero-order valence-electron chi connectivity index (χ0n) is 10.9. The van der Waals surface area contributed by atoms with Crippen molar-refractivity contribution in [1.29, 1.82) is 0 Å². The summed E-state index contributed by atoms with van der Waals surface area (Å²) in [5.74, 6) is -0.195. The van der Waals surface area contributed by atoms with Crippen molar-refractivity contribution in [3.8, 4) is 5.75 Å². The highest BCUT2D eigenvalue weighted by Crippen LogP contribution is 2.38. The van der Waals surface area contributed by atoms with Crippen molar-refractivity contribution in [2.45, 2.75) is 38.5 Å². The Kier molecular flexibility index (Phi) is 5.52. The highest BCUT2D eigenvalue weighted by atomic mass is 79.9. The summed E-state index contributed by atoms with van der Waals surface area (Å²) in [6.07, 6.45) is 7.28. The molecule has 2 rings (SSSR count). The maximum atomic E-state index is 13.7. The predicted molar refractivity (Wildman–Crippen MR) is 80.8 cm³/mol. The zero-order valence-corrected chi connectivity index (χ0v) is 13.3. The molecule has 19 heavy (non-hydrogen) atoms. The molecule has 0 amide bonds. The van der Waals surface area contributed by atoms with Gasteiger partial charge in [-0.15, -0.1) is 0 Å². The molecule has 4 heteroatoms. The summed E-state index contributed by atoms with van der Waals surface area (Å²) >= 11 is 9.60. The molecule has 1 saturated carbocycles. The molecule has 0 radical (unpaired) electrons. The average molecular weight is 350 g/mol. The second kappa shape index (κ2) is 6.94. The molecular weight excluding hydrogens is 331 g/mol. The van der Waals surface area contributed by atoms with Crippen LogP contribution in [-0.2, 0) is 0 Å². The molecule has 0 aliphatic heterocycles. The Balaban J connectivity index is 2.06. The average Bonchev–Trinajstić information content (AvgIpc) is 2.64. The van der Waals surface area contributed by atoms with Crippen molar-refractivity contribution in [1.82, 2.24) is 0 Å². The third-order valence-corrected chi connectivity index (χ3v) is 5.38. The fraction of sp³-hybridized carbons (Fsp3) is 0.600. The van der Waals surface area contributed by atoms with Crippen LogP contribution in [0.25, 0.3) is 0 Å². The quantitative estimate of drug-likeness (QED) is 0.508. The Morgan fingerprint density at radius 1 is 1.21 bits per heavy atom. The maximum absolute atomic E-state index is 13.7. The topological polar surface area (TPSA) is 9.23 Å².